The molecule has 10 heteroatoms. The predicted molar refractivity (Wildman–Crippen MR) is 107 cm³/mol. The number of aryl methyl sites for hydroxylation is 2. The highest BCUT2D eigenvalue weighted by Gasteiger charge is 2.14. The zero-order valence-electron chi connectivity index (χ0n) is 15.3. The van der Waals surface area contributed by atoms with Gasteiger partial charge in [0.25, 0.3) is 5.91 Å². The molecule has 8 nitrogen and oxygen atoms in total. The van der Waals surface area contributed by atoms with Crippen LogP contribution in [0.15, 0.2) is 40.9 Å². The van der Waals surface area contributed by atoms with Gasteiger partial charge in [-0.05, 0) is 13.0 Å². The van der Waals surface area contributed by atoms with Crippen LogP contribution in [0, 0.1) is 6.92 Å². The van der Waals surface area contributed by atoms with Crippen molar-refractivity contribution in [2.75, 3.05) is 11.9 Å². The van der Waals surface area contributed by atoms with E-state index in [0.29, 0.717) is 22.4 Å². The minimum Gasteiger partial charge on any atom is -0.456 e. The topological polar surface area (TPSA) is 107 Å². The molecule has 2 aromatic heterocycles. The third-order valence-corrected chi connectivity index (χ3v) is 4.44. The molecular formula is C19H16Cl2N4O4. The lowest BCUT2D eigenvalue weighted by Crippen LogP contribution is -2.22. The Balaban J connectivity index is 1.45. The largest absolute Gasteiger partial charge is 0.456 e. The van der Waals surface area contributed by atoms with E-state index in [-0.39, 0.29) is 23.7 Å². The summed E-state index contributed by atoms with van der Waals surface area (Å²) < 4.78 is 10.1. The van der Waals surface area contributed by atoms with Crippen molar-refractivity contribution in [3.63, 3.8) is 0 Å². The number of carbonyl (C=O) groups excluding carboxylic acids is 2. The van der Waals surface area contributed by atoms with E-state index < -0.39 is 18.5 Å². The molecule has 0 bridgehead atoms. The Morgan fingerprint density at radius 2 is 1.90 bits per heavy atom. The molecule has 0 aliphatic carbocycles. The molecule has 0 spiro atoms. The summed E-state index contributed by atoms with van der Waals surface area (Å²) in [5.74, 6) is -0.257. The Bertz CT molecular complexity index is 1020. The first-order chi connectivity index (χ1) is 13.9. The summed E-state index contributed by atoms with van der Waals surface area (Å²) in [5, 5.41) is 6.92. The number of hydrogen-bond donors (Lipinski definition) is 1. The van der Waals surface area contributed by atoms with E-state index in [0.717, 1.165) is 5.56 Å². The van der Waals surface area contributed by atoms with Crippen LogP contribution < -0.4 is 5.32 Å². The molecule has 2 heterocycles. The number of carbonyl (C=O) groups is 2. The van der Waals surface area contributed by atoms with Crippen molar-refractivity contribution in [2.45, 2.75) is 19.8 Å². The Labute approximate surface area is 176 Å². The lowest BCUT2D eigenvalue weighted by Gasteiger charge is -2.08. The van der Waals surface area contributed by atoms with Gasteiger partial charge in [0.2, 0.25) is 11.7 Å². The van der Waals surface area contributed by atoms with Gasteiger partial charge in [-0.25, -0.2) is 4.98 Å². The van der Waals surface area contributed by atoms with Crippen molar-refractivity contribution < 1.29 is 18.8 Å². The van der Waals surface area contributed by atoms with E-state index in [2.05, 4.69) is 20.4 Å². The number of nitrogens with zero attached hydrogens (tertiary/aromatic N) is 3. The molecule has 0 aliphatic rings. The fourth-order valence-corrected chi connectivity index (χ4v) is 2.71. The van der Waals surface area contributed by atoms with E-state index in [4.69, 9.17) is 32.5 Å². The normalized spacial score (nSPS) is 10.6. The van der Waals surface area contributed by atoms with Crippen LogP contribution in [0.3, 0.4) is 0 Å². The Kier molecular flexibility index (Phi) is 6.79. The molecule has 3 rings (SSSR count). The van der Waals surface area contributed by atoms with Gasteiger partial charge in [0, 0.05) is 12.0 Å². The maximum absolute atomic E-state index is 11.9. The Hall–Kier alpha value is -2.97. The van der Waals surface area contributed by atoms with E-state index in [9.17, 15) is 9.59 Å². The second kappa shape index (κ2) is 9.49. The molecule has 1 amide bonds. The van der Waals surface area contributed by atoms with Crippen LogP contribution in [-0.2, 0) is 20.7 Å². The number of halogens is 2. The first kappa shape index (κ1) is 20.8. The molecule has 0 aliphatic heterocycles. The Morgan fingerprint density at radius 3 is 2.66 bits per heavy atom. The molecule has 0 saturated heterocycles. The zero-order valence-corrected chi connectivity index (χ0v) is 16.8. The van der Waals surface area contributed by atoms with Crippen LogP contribution in [0.4, 0.5) is 5.82 Å². The summed E-state index contributed by atoms with van der Waals surface area (Å²) in [6.07, 6.45) is 0.187. The van der Waals surface area contributed by atoms with Crippen LogP contribution in [0.5, 0.6) is 0 Å². The number of amides is 1. The van der Waals surface area contributed by atoms with E-state index in [1.807, 2.05) is 30.3 Å². The van der Waals surface area contributed by atoms with Crippen molar-refractivity contribution in [1.82, 2.24) is 15.1 Å². The van der Waals surface area contributed by atoms with Gasteiger partial charge >= 0.3 is 5.97 Å². The number of esters is 1. The number of rotatable bonds is 7. The van der Waals surface area contributed by atoms with Crippen molar-refractivity contribution in [3.05, 3.63) is 58.0 Å². The minimum absolute atomic E-state index is 0.0111. The quantitative estimate of drug-likeness (QED) is 0.562. The molecule has 1 aromatic carbocycles. The molecule has 0 unspecified atom stereocenters. The monoisotopic (exact) mass is 434 g/mol. The number of nitrogens with one attached hydrogen (secondary N) is 1. The molecule has 1 N–H and O–H groups in total. The van der Waals surface area contributed by atoms with Crippen LogP contribution in [0.2, 0.25) is 10.0 Å². The molecule has 29 heavy (non-hydrogen) atoms. The van der Waals surface area contributed by atoms with Gasteiger partial charge in [-0.2, -0.15) is 4.98 Å². The number of benzene rings is 1. The highest BCUT2D eigenvalue weighted by Crippen LogP contribution is 2.25. The van der Waals surface area contributed by atoms with E-state index >= 15 is 0 Å². The fourth-order valence-electron chi connectivity index (χ4n) is 2.30. The van der Waals surface area contributed by atoms with Crippen LogP contribution in [0.25, 0.3) is 11.4 Å². The summed E-state index contributed by atoms with van der Waals surface area (Å²) in [4.78, 5) is 32.1. The number of anilines is 1. The van der Waals surface area contributed by atoms with Gasteiger partial charge < -0.3 is 14.6 Å². The highest BCUT2D eigenvalue weighted by atomic mass is 35.5. The van der Waals surface area contributed by atoms with Crippen molar-refractivity contribution in [1.29, 1.82) is 0 Å². The van der Waals surface area contributed by atoms with Crippen LogP contribution in [0.1, 0.15) is 18.0 Å². The molecule has 3 aromatic rings. The number of ether oxygens (including phenoxy) is 1. The first-order valence-electron chi connectivity index (χ1n) is 8.58. The van der Waals surface area contributed by atoms with Gasteiger partial charge in [-0.15, -0.1) is 0 Å². The molecule has 0 radical (unpaired) electrons. The summed E-state index contributed by atoms with van der Waals surface area (Å²) in [7, 11) is 0. The van der Waals surface area contributed by atoms with Gasteiger partial charge in [-0.3, -0.25) is 9.59 Å². The average molecular weight is 435 g/mol. The predicted octanol–water partition coefficient (Wildman–Crippen LogP) is 3.86. The molecule has 0 fully saturated rings. The van der Waals surface area contributed by atoms with Gasteiger partial charge in [0.15, 0.2) is 12.4 Å². The van der Waals surface area contributed by atoms with Gasteiger partial charge in [0.1, 0.15) is 0 Å². The minimum atomic E-state index is -0.578. The summed E-state index contributed by atoms with van der Waals surface area (Å²) in [5.41, 5.74) is 1.32. The van der Waals surface area contributed by atoms with Crippen molar-refractivity contribution in [2.24, 2.45) is 0 Å². The molecule has 0 atom stereocenters. The zero-order chi connectivity index (χ0) is 20.8. The van der Waals surface area contributed by atoms with Crippen LogP contribution in [-0.4, -0.2) is 33.6 Å². The van der Waals surface area contributed by atoms with Crippen molar-refractivity contribution >= 4 is 40.9 Å². The third kappa shape index (κ3) is 5.75. The SMILES string of the molecule is Cc1nc(NC(=O)COC(=O)CCc2nc(-c3ccccc3)no2)c(Cl)cc1Cl. The third-order valence-electron chi connectivity index (χ3n) is 3.77. The maximum Gasteiger partial charge on any atom is 0.306 e. The molecule has 0 saturated carbocycles. The number of aromatic nitrogens is 3. The smallest absolute Gasteiger partial charge is 0.306 e. The fraction of sp³-hybridized carbons (Fsp3) is 0.211. The van der Waals surface area contributed by atoms with Gasteiger partial charge in [0.05, 0.1) is 22.2 Å². The summed E-state index contributed by atoms with van der Waals surface area (Å²) >= 11 is 11.9. The highest BCUT2D eigenvalue weighted by molar-refractivity contribution is 6.36. The van der Waals surface area contributed by atoms with Gasteiger partial charge in [-0.1, -0.05) is 58.7 Å². The average Bonchev–Trinajstić information content (AvgIpc) is 3.19. The summed E-state index contributed by atoms with van der Waals surface area (Å²) in [6.45, 7) is 1.20. The standard InChI is InChI=1S/C19H16Cl2N4O4/c1-11-13(20)9-14(21)19(22-11)23-15(26)10-28-17(27)8-7-16-24-18(25-29-16)12-5-3-2-4-6-12/h2-6,9H,7-8,10H2,1H3,(H,22,23,26). The maximum atomic E-state index is 11.9. The lowest BCUT2D eigenvalue weighted by atomic mass is 10.2. The van der Waals surface area contributed by atoms with Crippen LogP contribution >= 0.6 is 23.2 Å². The number of hydrogen-bond acceptors (Lipinski definition) is 7. The molecule has 150 valence electrons. The Morgan fingerprint density at radius 1 is 1.14 bits per heavy atom. The lowest BCUT2D eigenvalue weighted by molar-refractivity contribution is -0.147. The summed E-state index contributed by atoms with van der Waals surface area (Å²) in [6, 6.07) is 10.8. The number of pyridine rings is 1. The van der Waals surface area contributed by atoms with E-state index in [1.54, 1.807) is 6.92 Å². The van der Waals surface area contributed by atoms with Crippen molar-refractivity contribution in [3.8, 4) is 11.4 Å². The molecular weight excluding hydrogens is 419 g/mol. The second-order valence-corrected chi connectivity index (χ2v) is 6.79. The first-order valence-corrected chi connectivity index (χ1v) is 9.34. The second-order valence-electron chi connectivity index (χ2n) is 5.97. The van der Waals surface area contributed by atoms with E-state index in [1.165, 1.54) is 6.07 Å².